The second-order valence-electron chi connectivity index (χ2n) is 6.51. The molecule has 3 unspecified atom stereocenters. The number of hydrogen-bond acceptors (Lipinski definition) is 3. The van der Waals surface area contributed by atoms with Crippen LogP contribution in [0.1, 0.15) is 36.5 Å². The van der Waals surface area contributed by atoms with Crippen molar-refractivity contribution in [3.8, 4) is 0 Å². The first-order valence-electron chi connectivity index (χ1n) is 8.25. The summed E-state index contributed by atoms with van der Waals surface area (Å²) < 4.78 is 0. The molecule has 3 rings (SSSR count). The molecule has 3 atom stereocenters. The van der Waals surface area contributed by atoms with Crippen LogP contribution in [0.5, 0.6) is 0 Å². The van der Waals surface area contributed by atoms with Crippen LogP contribution in [0.4, 0.5) is 0 Å². The Morgan fingerprint density at radius 3 is 2.72 bits per heavy atom. The van der Waals surface area contributed by atoms with Crippen molar-refractivity contribution in [2.45, 2.75) is 44.3 Å². The predicted octanol–water partition coefficient (Wildman–Crippen LogP) is 2.89. The largest absolute Gasteiger partial charge is 0.340 e. The molecule has 2 heterocycles. The van der Waals surface area contributed by atoms with E-state index in [-0.39, 0.29) is 28.9 Å². The summed E-state index contributed by atoms with van der Waals surface area (Å²) in [6.45, 7) is 3.13. The molecule has 2 fully saturated rings. The number of carbonyl (C=O) groups is 2. The van der Waals surface area contributed by atoms with Crippen LogP contribution in [-0.4, -0.2) is 47.9 Å². The minimum atomic E-state index is -0.607. The summed E-state index contributed by atoms with van der Waals surface area (Å²) in [5.41, 5.74) is 0.278. The summed E-state index contributed by atoms with van der Waals surface area (Å²) in [5, 5.41) is 6.79. The van der Waals surface area contributed by atoms with Gasteiger partial charge >= 0.3 is 0 Å². The fourth-order valence-electron chi connectivity index (χ4n) is 3.43. The molecule has 0 saturated carbocycles. The zero-order chi connectivity index (χ0) is 17.3. The van der Waals surface area contributed by atoms with Crippen LogP contribution in [0.3, 0.4) is 0 Å². The van der Waals surface area contributed by atoms with E-state index in [2.05, 4.69) is 10.6 Å². The smallest absolute Gasteiger partial charge is 0.253 e. The van der Waals surface area contributed by atoms with Crippen molar-refractivity contribution in [1.82, 2.24) is 15.5 Å². The number of nitrogens with one attached hydrogen (secondary N) is 2. The number of amides is 2. The minimum Gasteiger partial charge on any atom is -0.340 e. The first kappa shape index (κ1) is 20.3. The summed E-state index contributed by atoms with van der Waals surface area (Å²) in [7, 11) is 0. The molecular weight excluding hydrogens is 385 g/mol. The van der Waals surface area contributed by atoms with Gasteiger partial charge in [0.2, 0.25) is 5.91 Å². The van der Waals surface area contributed by atoms with Crippen LogP contribution < -0.4 is 10.6 Å². The number of carbonyl (C=O) groups excluding carboxylic acids is 2. The Hall–Kier alpha value is -1.01. The molecule has 138 valence electrons. The number of halogens is 3. The Morgan fingerprint density at radius 2 is 1.96 bits per heavy atom. The minimum absolute atomic E-state index is 0. The Bertz CT molecular complexity index is 656. The maximum atomic E-state index is 12.7. The van der Waals surface area contributed by atoms with Crippen molar-refractivity contribution in [2.24, 2.45) is 0 Å². The van der Waals surface area contributed by atoms with Gasteiger partial charge in [-0.2, -0.15) is 0 Å². The van der Waals surface area contributed by atoms with E-state index < -0.39 is 11.9 Å². The maximum absolute atomic E-state index is 12.7. The van der Waals surface area contributed by atoms with Crippen LogP contribution in [0.15, 0.2) is 18.2 Å². The van der Waals surface area contributed by atoms with Gasteiger partial charge in [0.1, 0.15) is 6.04 Å². The second kappa shape index (κ2) is 8.58. The van der Waals surface area contributed by atoms with Gasteiger partial charge in [-0.3, -0.25) is 9.59 Å². The highest BCUT2D eigenvalue weighted by molar-refractivity contribution is 6.43. The van der Waals surface area contributed by atoms with Crippen molar-refractivity contribution in [2.75, 3.05) is 13.1 Å². The Kier molecular flexibility index (Phi) is 6.97. The average molecular weight is 407 g/mol. The molecule has 8 heteroatoms. The second-order valence-corrected chi connectivity index (χ2v) is 7.29. The number of nitrogens with zero attached hydrogens (tertiary/aromatic N) is 1. The van der Waals surface area contributed by atoms with Crippen LogP contribution in [0.2, 0.25) is 10.0 Å². The quantitative estimate of drug-likeness (QED) is 0.811. The summed E-state index contributed by atoms with van der Waals surface area (Å²) >= 11 is 12.0. The average Bonchev–Trinajstić information content (AvgIpc) is 2.88. The predicted molar refractivity (Wildman–Crippen MR) is 102 cm³/mol. The van der Waals surface area contributed by atoms with Crippen molar-refractivity contribution in [3.63, 3.8) is 0 Å². The van der Waals surface area contributed by atoms with E-state index >= 15 is 0 Å². The molecule has 25 heavy (non-hydrogen) atoms. The van der Waals surface area contributed by atoms with E-state index in [9.17, 15) is 9.59 Å². The van der Waals surface area contributed by atoms with Crippen molar-refractivity contribution < 1.29 is 9.59 Å². The van der Waals surface area contributed by atoms with E-state index in [4.69, 9.17) is 23.2 Å². The first-order valence-corrected chi connectivity index (χ1v) is 9.01. The summed E-state index contributed by atoms with van der Waals surface area (Å²) in [6, 6.07) is 5.15. The van der Waals surface area contributed by atoms with E-state index in [0.717, 1.165) is 19.4 Å². The third kappa shape index (κ3) is 4.59. The molecule has 2 saturated heterocycles. The van der Waals surface area contributed by atoms with E-state index in [0.29, 0.717) is 23.7 Å². The van der Waals surface area contributed by atoms with Gasteiger partial charge in [0.25, 0.3) is 5.91 Å². The Labute approximate surface area is 163 Å². The topological polar surface area (TPSA) is 61.4 Å². The fraction of sp³-hybridized carbons (Fsp3) is 0.529. The van der Waals surface area contributed by atoms with Crippen LogP contribution in [-0.2, 0) is 4.79 Å². The molecule has 0 aliphatic carbocycles. The Balaban J connectivity index is 0.00000225. The van der Waals surface area contributed by atoms with Crippen LogP contribution in [0, 0.1) is 0 Å². The molecule has 2 amide bonds. The number of fused-ring (bicyclic) bond motifs is 2. The van der Waals surface area contributed by atoms with Gasteiger partial charge in [0.15, 0.2) is 0 Å². The maximum Gasteiger partial charge on any atom is 0.253 e. The Morgan fingerprint density at radius 1 is 1.24 bits per heavy atom. The van der Waals surface area contributed by atoms with Gasteiger partial charge in [0, 0.05) is 25.2 Å². The van der Waals surface area contributed by atoms with Crippen molar-refractivity contribution >= 4 is 47.4 Å². The van der Waals surface area contributed by atoms with Gasteiger partial charge in [-0.05, 0) is 38.3 Å². The van der Waals surface area contributed by atoms with Gasteiger partial charge < -0.3 is 15.5 Å². The molecule has 5 nitrogen and oxygen atoms in total. The van der Waals surface area contributed by atoms with Crippen molar-refractivity contribution in [3.05, 3.63) is 33.8 Å². The van der Waals surface area contributed by atoms with Gasteiger partial charge in [-0.15, -0.1) is 12.4 Å². The zero-order valence-corrected chi connectivity index (χ0v) is 16.3. The zero-order valence-electron chi connectivity index (χ0n) is 13.9. The first-order chi connectivity index (χ1) is 11.5. The summed E-state index contributed by atoms with van der Waals surface area (Å²) in [4.78, 5) is 26.9. The molecule has 1 aromatic rings. The molecule has 2 N–H and O–H groups in total. The SMILES string of the molecule is CC(NC(=O)c1cccc(Cl)c1Cl)C(=O)N1CCC2CCC(C1)N2.Cl. The monoisotopic (exact) mass is 405 g/mol. The van der Waals surface area contributed by atoms with Crippen LogP contribution in [0.25, 0.3) is 0 Å². The lowest BCUT2D eigenvalue weighted by Gasteiger charge is -2.27. The molecule has 2 bridgehead atoms. The van der Waals surface area contributed by atoms with E-state index in [1.165, 1.54) is 6.42 Å². The third-order valence-corrected chi connectivity index (χ3v) is 5.57. The fourth-order valence-corrected chi connectivity index (χ4v) is 3.82. The molecule has 2 aliphatic rings. The molecule has 0 aromatic heterocycles. The third-order valence-electron chi connectivity index (χ3n) is 4.75. The molecular formula is C17H22Cl3N3O2. The molecule has 0 spiro atoms. The normalized spacial score (nSPS) is 23.4. The highest BCUT2D eigenvalue weighted by atomic mass is 35.5. The van der Waals surface area contributed by atoms with Crippen LogP contribution >= 0.6 is 35.6 Å². The highest BCUT2D eigenvalue weighted by Gasteiger charge is 2.33. The van der Waals surface area contributed by atoms with Gasteiger partial charge in [-0.1, -0.05) is 29.3 Å². The molecule has 1 aromatic carbocycles. The lowest BCUT2D eigenvalue weighted by atomic mass is 10.1. The van der Waals surface area contributed by atoms with Crippen molar-refractivity contribution in [1.29, 1.82) is 0 Å². The van der Waals surface area contributed by atoms with E-state index in [1.807, 2.05) is 4.90 Å². The van der Waals surface area contributed by atoms with E-state index in [1.54, 1.807) is 25.1 Å². The number of benzene rings is 1. The number of hydrogen-bond donors (Lipinski definition) is 2. The van der Waals surface area contributed by atoms with Gasteiger partial charge in [0.05, 0.1) is 15.6 Å². The summed E-state index contributed by atoms with van der Waals surface area (Å²) in [6.07, 6.45) is 3.25. The number of likely N-dealkylation sites (tertiary alicyclic amines) is 1. The molecule has 2 aliphatic heterocycles. The molecule has 0 radical (unpaired) electrons. The highest BCUT2D eigenvalue weighted by Crippen LogP contribution is 2.25. The standard InChI is InChI=1S/C17H21Cl2N3O2.ClH/c1-10(20-16(23)13-3-2-4-14(18)15(13)19)17(24)22-8-7-11-5-6-12(9-22)21-11;/h2-4,10-12,21H,5-9H2,1H3,(H,20,23);1H. The summed E-state index contributed by atoms with van der Waals surface area (Å²) in [5.74, 6) is -0.450. The number of rotatable bonds is 3. The lowest BCUT2D eigenvalue weighted by Crippen LogP contribution is -2.49. The van der Waals surface area contributed by atoms with Gasteiger partial charge in [-0.25, -0.2) is 0 Å². The lowest BCUT2D eigenvalue weighted by molar-refractivity contribution is -0.133.